The second-order valence-corrected chi connectivity index (χ2v) is 9.03. The Morgan fingerprint density at radius 2 is 0.696 bits per heavy atom. The van der Waals surface area contributed by atoms with Crippen molar-refractivity contribution >= 4 is 35.4 Å². The second kappa shape index (κ2) is 29.5. The van der Waals surface area contributed by atoms with E-state index in [1.54, 1.807) is 0 Å². The second-order valence-electron chi connectivity index (χ2n) is 9.03. The molecule has 46 heavy (non-hydrogen) atoms. The number of nitrogens with zero attached hydrogens (tertiary/aromatic N) is 3. The van der Waals surface area contributed by atoms with E-state index in [2.05, 4.69) is 16.0 Å². The largest absolute Gasteiger partial charge is 0.503 e. The van der Waals surface area contributed by atoms with E-state index >= 15 is 0 Å². The number of likely N-dealkylation sites (N-methyl/N-ethyl adjacent to an activating group) is 3. The molecule has 0 aliphatic carbocycles. The van der Waals surface area contributed by atoms with Gasteiger partial charge in [0.05, 0.1) is 38.0 Å². The van der Waals surface area contributed by atoms with Gasteiger partial charge >= 0.3 is 0 Å². The quantitative estimate of drug-likeness (QED) is 0.0463. The maximum atomic E-state index is 11.1. The van der Waals surface area contributed by atoms with E-state index in [9.17, 15) is 44.1 Å². The molecule has 0 aliphatic rings. The van der Waals surface area contributed by atoms with Crippen molar-refractivity contribution in [3.63, 3.8) is 0 Å². The van der Waals surface area contributed by atoms with Crippen LogP contribution in [0.25, 0.3) is 0 Å². The Labute approximate surface area is 279 Å². The van der Waals surface area contributed by atoms with Crippen LogP contribution in [0.5, 0.6) is 0 Å². The number of amides is 6. The average molecular weight is 705 g/mol. The molecule has 0 aromatic heterocycles. The first-order valence-corrected chi connectivity index (χ1v) is 13.1. The first-order valence-electron chi connectivity index (χ1n) is 13.1. The van der Waals surface area contributed by atoms with Gasteiger partial charge in [-0.2, -0.15) is 0 Å². The van der Waals surface area contributed by atoms with E-state index in [0.29, 0.717) is 19.8 Å². The fraction of sp³-hybridized carbons (Fsp3) is 0.556. The van der Waals surface area contributed by atoms with Crippen molar-refractivity contribution in [2.75, 3.05) is 103 Å². The van der Waals surface area contributed by atoms with Gasteiger partial charge < -0.3 is 60.2 Å². The predicted molar refractivity (Wildman–Crippen MR) is 163 cm³/mol. The molecular formula is C27H48FeN6O12. The van der Waals surface area contributed by atoms with Gasteiger partial charge in [0.15, 0.2) is 17.3 Å². The maximum absolute atomic E-state index is 11.1. The molecule has 0 aromatic carbocycles. The molecule has 0 radical (unpaired) electrons. The minimum Gasteiger partial charge on any atom is -0.503 e. The first-order chi connectivity index (χ1) is 21.0. The van der Waals surface area contributed by atoms with Crippen LogP contribution in [-0.2, 0) is 60.0 Å². The van der Waals surface area contributed by atoms with Crippen LogP contribution in [0.3, 0.4) is 0 Å². The molecule has 0 fully saturated rings. The molecule has 0 saturated heterocycles. The number of methoxy groups -OCH3 is 3. The Morgan fingerprint density at radius 3 is 0.848 bits per heavy atom. The summed E-state index contributed by atoms with van der Waals surface area (Å²) in [5, 5.41) is 34.7. The topological polar surface area (TPSA) is 237 Å². The minimum absolute atomic E-state index is 0. The molecule has 6 amide bonds. The summed E-state index contributed by atoms with van der Waals surface area (Å²) in [5.74, 6) is -5.25. The zero-order chi connectivity index (χ0) is 35.5. The van der Waals surface area contributed by atoms with Crippen molar-refractivity contribution in [3.05, 3.63) is 35.5 Å². The van der Waals surface area contributed by atoms with E-state index in [1.165, 1.54) is 78.3 Å². The van der Waals surface area contributed by atoms with E-state index in [-0.39, 0.29) is 36.7 Å². The van der Waals surface area contributed by atoms with Gasteiger partial charge in [0.1, 0.15) is 0 Å². The van der Waals surface area contributed by atoms with Gasteiger partial charge in [-0.25, -0.2) is 0 Å². The third-order valence-electron chi connectivity index (χ3n) is 4.58. The van der Waals surface area contributed by atoms with Crippen LogP contribution in [0.15, 0.2) is 35.5 Å². The van der Waals surface area contributed by atoms with Crippen LogP contribution < -0.4 is 16.0 Å². The fourth-order valence-corrected chi connectivity index (χ4v) is 2.01. The Kier molecular flexibility index (Phi) is 31.3. The molecule has 0 spiro atoms. The van der Waals surface area contributed by atoms with Crippen LogP contribution in [-0.4, -0.2) is 169 Å². The van der Waals surface area contributed by atoms with Crippen molar-refractivity contribution < 1.29 is 75.4 Å². The molecule has 0 atom stereocenters. The standard InChI is InChI=1S/3C9H16N2O4.Fe/c3*1-11(2)8(13)6-7(12)9(14)10-4-5-15-3;/h3*6,12H,4-5H2,1-3H3,(H,10,14);. The van der Waals surface area contributed by atoms with E-state index < -0.39 is 52.7 Å². The third-order valence-corrected chi connectivity index (χ3v) is 4.58. The van der Waals surface area contributed by atoms with Crippen LogP contribution >= 0.6 is 0 Å². The summed E-state index contributed by atoms with van der Waals surface area (Å²) in [7, 11) is 13.6. The smallest absolute Gasteiger partial charge is 0.286 e. The van der Waals surface area contributed by atoms with Gasteiger partial charge in [0.25, 0.3) is 17.7 Å². The predicted octanol–water partition coefficient (Wildman–Crippen LogP) is -2.17. The number of aliphatic hydroxyl groups excluding tert-OH is 3. The Balaban J connectivity index is -0.000000285. The number of aliphatic hydroxyl groups is 3. The van der Waals surface area contributed by atoms with Gasteiger partial charge in [0.2, 0.25) is 17.7 Å². The zero-order valence-corrected chi connectivity index (χ0v) is 28.8. The fourth-order valence-electron chi connectivity index (χ4n) is 2.01. The van der Waals surface area contributed by atoms with Crippen LogP contribution in [0, 0.1) is 0 Å². The SMILES string of the molecule is COCCNC(=O)C(O)=CC(=O)N(C)C.COCCNC(=O)C(O)=CC(=O)N(C)C.COCCNC(=O)C(O)=CC(=O)N(C)C.[Fe]. The summed E-state index contributed by atoms with van der Waals surface area (Å²) in [6.45, 7) is 1.89. The monoisotopic (exact) mass is 704 g/mol. The summed E-state index contributed by atoms with van der Waals surface area (Å²) in [4.78, 5) is 70.3. The molecule has 266 valence electrons. The maximum Gasteiger partial charge on any atom is 0.286 e. The zero-order valence-electron chi connectivity index (χ0n) is 27.7. The van der Waals surface area contributed by atoms with E-state index in [0.717, 1.165) is 18.2 Å². The molecule has 0 saturated carbocycles. The summed E-state index contributed by atoms with van der Waals surface area (Å²) < 4.78 is 14.1. The van der Waals surface area contributed by atoms with Crippen LogP contribution in [0.4, 0.5) is 0 Å². The van der Waals surface area contributed by atoms with E-state index in [1.807, 2.05) is 0 Å². The molecule has 0 aromatic rings. The molecule has 18 nitrogen and oxygen atoms in total. The van der Waals surface area contributed by atoms with Crippen molar-refractivity contribution in [1.82, 2.24) is 30.7 Å². The number of nitrogens with one attached hydrogen (secondary N) is 3. The molecule has 19 heteroatoms. The van der Waals surface area contributed by atoms with Crippen molar-refractivity contribution in [3.8, 4) is 0 Å². The van der Waals surface area contributed by atoms with Gasteiger partial charge in [-0.05, 0) is 0 Å². The van der Waals surface area contributed by atoms with E-state index in [4.69, 9.17) is 14.2 Å². The van der Waals surface area contributed by atoms with Crippen LogP contribution in [0.2, 0.25) is 0 Å². The Bertz CT molecular complexity index is 918. The number of rotatable bonds is 15. The van der Waals surface area contributed by atoms with Crippen LogP contribution in [0.1, 0.15) is 0 Å². The van der Waals surface area contributed by atoms with Crippen molar-refractivity contribution in [1.29, 1.82) is 0 Å². The summed E-state index contributed by atoms with van der Waals surface area (Å²) in [6, 6.07) is 0. The van der Waals surface area contributed by atoms with Gasteiger partial charge in [0, 0.05) is 100 Å². The number of carbonyl (C=O) groups is 6. The van der Waals surface area contributed by atoms with Gasteiger partial charge in [-0.3, -0.25) is 28.8 Å². The summed E-state index contributed by atoms with van der Waals surface area (Å²) in [5.41, 5.74) is 0. The summed E-state index contributed by atoms with van der Waals surface area (Å²) >= 11 is 0. The number of hydrogen-bond donors (Lipinski definition) is 6. The number of carbonyl (C=O) groups excluding carboxylic acids is 6. The molecule has 0 bridgehead atoms. The van der Waals surface area contributed by atoms with Crippen molar-refractivity contribution in [2.45, 2.75) is 0 Å². The molecule has 0 rings (SSSR count). The Hall–Kier alpha value is -4.16. The average Bonchev–Trinajstić information content (AvgIpc) is 2.97. The van der Waals surface area contributed by atoms with Gasteiger partial charge in [-0.15, -0.1) is 0 Å². The molecule has 0 aliphatic heterocycles. The van der Waals surface area contributed by atoms with Crippen molar-refractivity contribution in [2.24, 2.45) is 0 Å². The molecular weight excluding hydrogens is 656 g/mol. The molecule has 0 unspecified atom stereocenters. The Morgan fingerprint density at radius 1 is 0.500 bits per heavy atom. The number of hydrogen-bond acceptors (Lipinski definition) is 12. The first kappa shape index (κ1) is 48.7. The molecule has 0 heterocycles. The normalized spacial score (nSPS) is 10.8. The number of ether oxygens (including phenoxy) is 3. The molecule has 6 N–H and O–H groups in total. The third kappa shape index (κ3) is 27.4. The summed E-state index contributed by atoms with van der Waals surface area (Å²) in [6.07, 6.45) is 2.59. The minimum atomic E-state index is -0.692. The van der Waals surface area contributed by atoms with Gasteiger partial charge in [-0.1, -0.05) is 0 Å².